The molecule has 1 heterocycles. The monoisotopic (exact) mass is 330 g/mol. The Morgan fingerprint density at radius 1 is 1.09 bits per heavy atom. The number of carboxylic acids is 1. The van der Waals surface area contributed by atoms with Crippen molar-refractivity contribution >= 4 is 28.9 Å². The van der Waals surface area contributed by atoms with E-state index in [1.165, 1.54) is 18.3 Å². The Labute approximate surface area is 136 Å². The maximum atomic E-state index is 12.0. The van der Waals surface area contributed by atoms with Crippen LogP contribution in [0.1, 0.15) is 38.8 Å². The van der Waals surface area contributed by atoms with Gasteiger partial charge in [0.05, 0.1) is 0 Å². The summed E-state index contributed by atoms with van der Waals surface area (Å²) in [5, 5.41) is 21.2. The number of thiophene rings is 1. The van der Waals surface area contributed by atoms with Crippen LogP contribution >= 0.6 is 11.3 Å². The summed E-state index contributed by atoms with van der Waals surface area (Å²) in [7, 11) is 0. The first-order chi connectivity index (χ1) is 10.9. The molecule has 0 radical (unpaired) electrons. The van der Waals surface area contributed by atoms with Crippen LogP contribution in [-0.4, -0.2) is 27.7 Å². The van der Waals surface area contributed by atoms with Crippen molar-refractivity contribution in [2.75, 3.05) is 0 Å². The van der Waals surface area contributed by atoms with E-state index in [0.717, 1.165) is 11.1 Å². The van der Waals surface area contributed by atoms with E-state index < -0.39 is 17.5 Å². The Morgan fingerprint density at radius 2 is 1.74 bits per heavy atom. The second kappa shape index (κ2) is 7.02. The molecule has 118 valence electrons. The van der Waals surface area contributed by atoms with E-state index in [0.29, 0.717) is 23.6 Å². The van der Waals surface area contributed by atoms with Crippen LogP contribution in [0.5, 0.6) is 0 Å². The van der Waals surface area contributed by atoms with Gasteiger partial charge < -0.3 is 10.2 Å². The molecule has 0 saturated heterocycles. The molecule has 23 heavy (non-hydrogen) atoms. The smallest absolute Gasteiger partial charge is 0.371 e. The van der Waals surface area contributed by atoms with Crippen LogP contribution in [0.25, 0.3) is 0 Å². The number of aliphatic hydroxyl groups excluding tert-OH is 1. The number of ketones is 2. The van der Waals surface area contributed by atoms with Crippen LogP contribution in [0.15, 0.2) is 46.9 Å². The minimum absolute atomic E-state index is 0.0165. The van der Waals surface area contributed by atoms with Gasteiger partial charge >= 0.3 is 5.97 Å². The third-order valence-corrected chi connectivity index (χ3v) is 4.04. The van der Waals surface area contributed by atoms with Gasteiger partial charge in [0.25, 0.3) is 0 Å². The number of carbonyl (C=O) groups is 3. The summed E-state index contributed by atoms with van der Waals surface area (Å²) in [4.78, 5) is 33.9. The first kappa shape index (κ1) is 16.6. The fraction of sp³-hybridized carbons (Fsp3) is 0.118. The molecule has 0 aliphatic rings. The van der Waals surface area contributed by atoms with Gasteiger partial charge in [0, 0.05) is 22.6 Å². The average Bonchev–Trinajstić information content (AvgIpc) is 2.95. The predicted molar refractivity (Wildman–Crippen MR) is 86.2 cm³/mol. The van der Waals surface area contributed by atoms with Gasteiger partial charge in [-0.1, -0.05) is 24.3 Å². The second-order valence-electron chi connectivity index (χ2n) is 4.94. The third-order valence-electron chi connectivity index (χ3n) is 3.25. The number of carboxylic acid groups (broad SMARTS) is 1. The van der Waals surface area contributed by atoms with Gasteiger partial charge in [0.15, 0.2) is 11.6 Å². The molecule has 0 unspecified atom stereocenters. The van der Waals surface area contributed by atoms with Gasteiger partial charge in [0.2, 0.25) is 5.76 Å². The summed E-state index contributed by atoms with van der Waals surface area (Å²) in [5.74, 6) is -3.10. The average molecular weight is 330 g/mol. The summed E-state index contributed by atoms with van der Waals surface area (Å²) in [5.41, 5.74) is 2.64. The van der Waals surface area contributed by atoms with E-state index in [1.807, 2.05) is 12.1 Å². The molecule has 2 aromatic rings. The molecule has 0 aliphatic heterocycles. The molecular formula is C17H14O5S. The highest BCUT2D eigenvalue weighted by Crippen LogP contribution is 2.21. The summed E-state index contributed by atoms with van der Waals surface area (Å²) < 4.78 is 0. The highest BCUT2D eigenvalue weighted by Gasteiger charge is 2.14. The third kappa shape index (κ3) is 4.14. The molecule has 0 aliphatic carbocycles. The molecule has 0 saturated carbocycles. The quantitative estimate of drug-likeness (QED) is 0.482. The fourth-order valence-corrected chi connectivity index (χ4v) is 2.86. The number of rotatable bonds is 6. The van der Waals surface area contributed by atoms with Crippen molar-refractivity contribution in [3.05, 3.63) is 69.1 Å². The molecule has 2 rings (SSSR count). The Morgan fingerprint density at radius 3 is 2.30 bits per heavy atom. The van der Waals surface area contributed by atoms with Crippen molar-refractivity contribution in [2.24, 2.45) is 0 Å². The summed E-state index contributed by atoms with van der Waals surface area (Å²) in [6.07, 6.45) is 1.18. The van der Waals surface area contributed by atoms with Gasteiger partial charge in [-0.2, -0.15) is 11.3 Å². The van der Waals surface area contributed by atoms with Crippen LogP contribution in [-0.2, 0) is 11.2 Å². The standard InChI is InChI=1S/C17H14O5S/c1-10(18)12-4-2-11(3-5-12)6-13-8-23-9-14(13)15(19)7-16(20)17(21)22/h2-5,7-9,20H,6H2,1H3,(H,21,22). The highest BCUT2D eigenvalue weighted by molar-refractivity contribution is 7.08. The first-order valence-electron chi connectivity index (χ1n) is 6.71. The van der Waals surface area contributed by atoms with Crippen molar-refractivity contribution in [3.63, 3.8) is 0 Å². The lowest BCUT2D eigenvalue weighted by Crippen LogP contribution is -2.05. The number of carbonyl (C=O) groups excluding carboxylic acids is 2. The number of Topliss-reactive ketones (excluding diaryl/α,β-unsaturated/α-hetero) is 1. The molecule has 0 fully saturated rings. The zero-order chi connectivity index (χ0) is 17.0. The lowest BCUT2D eigenvalue weighted by Gasteiger charge is -2.03. The molecule has 0 bridgehead atoms. The summed E-state index contributed by atoms with van der Waals surface area (Å²) in [6, 6.07) is 7.07. The maximum Gasteiger partial charge on any atom is 0.371 e. The fourth-order valence-electron chi connectivity index (χ4n) is 2.02. The Balaban J connectivity index is 2.21. The van der Waals surface area contributed by atoms with Crippen molar-refractivity contribution in [2.45, 2.75) is 13.3 Å². The van der Waals surface area contributed by atoms with Gasteiger partial charge in [0.1, 0.15) is 0 Å². The number of allylic oxidation sites excluding steroid dienone is 1. The molecule has 0 spiro atoms. The number of hydrogen-bond acceptors (Lipinski definition) is 5. The Hall–Kier alpha value is -2.73. The zero-order valence-corrected chi connectivity index (χ0v) is 13.1. The van der Waals surface area contributed by atoms with E-state index in [9.17, 15) is 19.5 Å². The van der Waals surface area contributed by atoms with E-state index >= 15 is 0 Å². The van der Waals surface area contributed by atoms with Crippen molar-refractivity contribution < 1.29 is 24.6 Å². The highest BCUT2D eigenvalue weighted by atomic mass is 32.1. The number of hydrogen-bond donors (Lipinski definition) is 2. The maximum absolute atomic E-state index is 12.0. The Kier molecular flexibility index (Phi) is 5.08. The normalized spacial score (nSPS) is 11.3. The first-order valence-corrected chi connectivity index (χ1v) is 7.66. The van der Waals surface area contributed by atoms with Crippen LogP contribution in [0.4, 0.5) is 0 Å². The number of benzene rings is 1. The molecule has 0 atom stereocenters. The zero-order valence-electron chi connectivity index (χ0n) is 12.3. The molecule has 6 heteroatoms. The molecule has 1 aromatic carbocycles. The Bertz CT molecular complexity index is 784. The second-order valence-corrected chi connectivity index (χ2v) is 5.68. The summed E-state index contributed by atoms with van der Waals surface area (Å²) >= 11 is 1.32. The topological polar surface area (TPSA) is 91.7 Å². The van der Waals surface area contributed by atoms with E-state index in [1.54, 1.807) is 22.9 Å². The molecular weight excluding hydrogens is 316 g/mol. The SMILES string of the molecule is CC(=O)c1ccc(Cc2cscc2C(=O)C=C(O)C(=O)O)cc1. The minimum Gasteiger partial charge on any atom is -0.502 e. The van der Waals surface area contributed by atoms with E-state index in [4.69, 9.17) is 5.11 Å². The largest absolute Gasteiger partial charge is 0.502 e. The van der Waals surface area contributed by atoms with Crippen molar-refractivity contribution in [3.8, 4) is 0 Å². The van der Waals surface area contributed by atoms with Crippen LogP contribution in [0.3, 0.4) is 0 Å². The van der Waals surface area contributed by atoms with Crippen LogP contribution < -0.4 is 0 Å². The predicted octanol–water partition coefficient (Wildman–Crippen LogP) is 3.25. The van der Waals surface area contributed by atoms with E-state index in [-0.39, 0.29) is 5.78 Å². The van der Waals surface area contributed by atoms with Gasteiger partial charge in [-0.15, -0.1) is 0 Å². The number of aliphatic hydroxyl groups is 1. The lowest BCUT2D eigenvalue weighted by atomic mass is 10.00. The lowest BCUT2D eigenvalue weighted by molar-refractivity contribution is -0.135. The van der Waals surface area contributed by atoms with Gasteiger partial charge in [-0.3, -0.25) is 9.59 Å². The van der Waals surface area contributed by atoms with Crippen LogP contribution in [0.2, 0.25) is 0 Å². The molecule has 1 aromatic heterocycles. The van der Waals surface area contributed by atoms with Crippen molar-refractivity contribution in [1.82, 2.24) is 0 Å². The molecule has 5 nitrogen and oxygen atoms in total. The van der Waals surface area contributed by atoms with E-state index in [2.05, 4.69) is 0 Å². The van der Waals surface area contributed by atoms with Gasteiger partial charge in [-0.05, 0) is 29.9 Å². The van der Waals surface area contributed by atoms with Crippen LogP contribution in [0, 0.1) is 0 Å². The molecule has 0 amide bonds. The van der Waals surface area contributed by atoms with Crippen molar-refractivity contribution in [1.29, 1.82) is 0 Å². The minimum atomic E-state index is -1.55. The molecule has 2 N–H and O–H groups in total. The summed E-state index contributed by atoms with van der Waals surface area (Å²) in [6.45, 7) is 1.49. The van der Waals surface area contributed by atoms with Gasteiger partial charge in [-0.25, -0.2) is 4.79 Å². The number of aliphatic carboxylic acids is 1.